The molecule has 1 rings (SSSR count). The average molecular weight is 312 g/mol. The van der Waals surface area contributed by atoms with Crippen LogP contribution in [0.25, 0.3) is 0 Å². The SMILES string of the molecule is CC(C)C(Cc1ccccc1)(C(=O)[O-])C(=O)[O-].[K+].[K+]. The van der Waals surface area contributed by atoms with Crippen LogP contribution in [0.5, 0.6) is 0 Å². The van der Waals surface area contributed by atoms with Crippen molar-refractivity contribution < 1.29 is 123 Å². The Bertz CT molecular complexity index is 404. The Balaban J connectivity index is 0. The summed E-state index contributed by atoms with van der Waals surface area (Å²) in [5.74, 6) is -3.81. The van der Waals surface area contributed by atoms with Crippen LogP contribution in [0.15, 0.2) is 30.3 Å². The summed E-state index contributed by atoms with van der Waals surface area (Å²) in [6, 6.07) is 8.60. The topological polar surface area (TPSA) is 80.3 Å². The van der Waals surface area contributed by atoms with Crippen molar-refractivity contribution in [3.8, 4) is 0 Å². The van der Waals surface area contributed by atoms with E-state index in [1.54, 1.807) is 30.3 Å². The maximum atomic E-state index is 11.2. The molecule has 0 unspecified atom stereocenters. The molecule has 0 radical (unpaired) electrons. The molecule has 6 heteroatoms. The van der Waals surface area contributed by atoms with E-state index in [1.165, 1.54) is 13.8 Å². The Labute approximate surface area is 198 Å². The predicted molar refractivity (Wildman–Crippen MR) is 57.4 cm³/mol. The van der Waals surface area contributed by atoms with E-state index in [2.05, 4.69) is 0 Å². The molecule has 0 atom stereocenters. The Morgan fingerprint density at radius 3 is 1.79 bits per heavy atom. The van der Waals surface area contributed by atoms with Crippen molar-refractivity contribution in [2.75, 3.05) is 0 Å². The van der Waals surface area contributed by atoms with Crippen LogP contribution in [-0.4, -0.2) is 11.9 Å². The number of benzene rings is 1. The molecule has 0 amide bonds. The number of carboxylic acids is 2. The van der Waals surface area contributed by atoms with Crippen LogP contribution in [0.1, 0.15) is 19.4 Å². The number of carbonyl (C=O) groups is 2. The summed E-state index contributed by atoms with van der Waals surface area (Å²) in [4.78, 5) is 22.4. The van der Waals surface area contributed by atoms with E-state index in [-0.39, 0.29) is 109 Å². The van der Waals surface area contributed by atoms with E-state index < -0.39 is 23.3 Å². The normalized spacial score (nSPS) is 10.3. The van der Waals surface area contributed by atoms with Crippen molar-refractivity contribution >= 4 is 11.9 Å². The summed E-state index contributed by atoms with van der Waals surface area (Å²) in [6.07, 6.45) is -0.129. The molecule has 1 aromatic rings. The molecule has 0 bridgehead atoms. The first kappa shape index (κ1) is 22.7. The third-order valence-electron chi connectivity index (χ3n) is 3.04. The number of aliphatic carboxylic acids is 2. The summed E-state index contributed by atoms with van der Waals surface area (Å²) in [5, 5.41) is 22.4. The number of rotatable bonds is 5. The molecule has 0 aliphatic carbocycles. The number of carbonyl (C=O) groups excluding carboxylic acids is 2. The van der Waals surface area contributed by atoms with E-state index >= 15 is 0 Å². The van der Waals surface area contributed by atoms with Gasteiger partial charge in [0.1, 0.15) is 0 Å². The molecular formula is C13H14K2O4. The van der Waals surface area contributed by atoms with Crippen LogP contribution >= 0.6 is 0 Å². The summed E-state index contributed by atoms with van der Waals surface area (Å²) >= 11 is 0. The van der Waals surface area contributed by atoms with E-state index in [0.29, 0.717) is 5.56 Å². The third kappa shape index (κ3) is 5.61. The van der Waals surface area contributed by atoms with Gasteiger partial charge in [0.25, 0.3) is 0 Å². The van der Waals surface area contributed by atoms with Gasteiger partial charge in [0.15, 0.2) is 0 Å². The zero-order valence-corrected chi connectivity index (χ0v) is 18.1. The smallest absolute Gasteiger partial charge is 0.549 e. The Hall–Kier alpha value is 1.43. The molecule has 1 aromatic carbocycles. The Morgan fingerprint density at radius 1 is 1.05 bits per heavy atom. The fraction of sp³-hybridized carbons (Fsp3) is 0.385. The zero-order chi connectivity index (χ0) is 13.1. The van der Waals surface area contributed by atoms with Crippen molar-refractivity contribution in [1.82, 2.24) is 0 Å². The molecule has 4 nitrogen and oxygen atoms in total. The minimum atomic E-state index is -1.98. The maximum absolute atomic E-state index is 11.2. The van der Waals surface area contributed by atoms with Crippen LogP contribution in [-0.2, 0) is 16.0 Å². The van der Waals surface area contributed by atoms with E-state index in [1.807, 2.05) is 0 Å². The van der Waals surface area contributed by atoms with Gasteiger partial charge in [-0.05, 0) is 17.9 Å². The predicted octanol–water partition coefficient (Wildman–Crippen LogP) is -6.62. The molecule has 0 fully saturated rings. The fourth-order valence-electron chi connectivity index (χ4n) is 1.82. The minimum absolute atomic E-state index is 0. The van der Waals surface area contributed by atoms with Gasteiger partial charge in [-0.3, -0.25) is 0 Å². The van der Waals surface area contributed by atoms with Gasteiger partial charge in [0.2, 0.25) is 0 Å². The van der Waals surface area contributed by atoms with Crippen molar-refractivity contribution in [2.45, 2.75) is 20.3 Å². The van der Waals surface area contributed by atoms with Crippen molar-refractivity contribution in [3.63, 3.8) is 0 Å². The van der Waals surface area contributed by atoms with Crippen LogP contribution in [0.3, 0.4) is 0 Å². The molecule has 19 heavy (non-hydrogen) atoms. The average Bonchev–Trinajstić information content (AvgIpc) is 2.25. The molecule has 0 heterocycles. The minimum Gasteiger partial charge on any atom is -0.549 e. The number of carboxylic acid groups (broad SMARTS) is 2. The second-order valence-corrected chi connectivity index (χ2v) is 4.36. The van der Waals surface area contributed by atoms with Gasteiger partial charge in [-0.15, -0.1) is 0 Å². The van der Waals surface area contributed by atoms with Crippen LogP contribution in [0.4, 0.5) is 0 Å². The molecular weight excluding hydrogens is 298 g/mol. The fourth-order valence-corrected chi connectivity index (χ4v) is 1.82. The maximum Gasteiger partial charge on any atom is 1.00 e. The second kappa shape index (κ2) is 10.2. The van der Waals surface area contributed by atoms with E-state index in [0.717, 1.165) is 0 Å². The Kier molecular flexibility index (Phi) is 12.2. The van der Waals surface area contributed by atoms with Crippen LogP contribution < -0.4 is 113 Å². The van der Waals surface area contributed by atoms with Crippen LogP contribution in [0, 0.1) is 11.3 Å². The van der Waals surface area contributed by atoms with Gasteiger partial charge in [0, 0.05) is 0 Å². The molecule has 0 saturated carbocycles. The molecule has 0 spiro atoms. The number of hydrogen-bond donors (Lipinski definition) is 0. The summed E-state index contributed by atoms with van der Waals surface area (Å²) < 4.78 is 0. The van der Waals surface area contributed by atoms with Gasteiger partial charge >= 0.3 is 103 Å². The number of hydrogen-bond acceptors (Lipinski definition) is 4. The largest absolute Gasteiger partial charge is 1.00 e. The van der Waals surface area contributed by atoms with Crippen LogP contribution in [0.2, 0.25) is 0 Å². The first-order valence-electron chi connectivity index (χ1n) is 5.38. The van der Waals surface area contributed by atoms with Gasteiger partial charge in [-0.1, -0.05) is 44.2 Å². The van der Waals surface area contributed by atoms with Gasteiger partial charge < -0.3 is 19.8 Å². The first-order valence-corrected chi connectivity index (χ1v) is 5.38. The second-order valence-electron chi connectivity index (χ2n) is 4.36. The van der Waals surface area contributed by atoms with Gasteiger partial charge in [-0.2, -0.15) is 0 Å². The van der Waals surface area contributed by atoms with Crippen molar-refractivity contribution in [3.05, 3.63) is 35.9 Å². The van der Waals surface area contributed by atoms with Crippen molar-refractivity contribution in [1.29, 1.82) is 0 Å². The molecule has 0 aromatic heterocycles. The van der Waals surface area contributed by atoms with Gasteiger partial charge in [0.05, 0.1) is 17.4 Å². The van der Waals surface area contributed by atoms with Crippen molar-refractivity contribution in [2.24, 2.45) is 11.3 Å². The summed E-state index contributed by atoms with van der Waals surface area (Å²) in [6.45, 7) is 3.07. The zero-order valence-electron chi connectivity index (χ0n) is 11.8. The third-order valence-corrected chi connectivity index (χ3v) is 3.04. The quantitative estimate of drug-likeness (QED) is 0.400. The summed E-state index contributed by atoms with van der Waals surface area (Å²) in [5.41, 5.74) is -1.35. The summed E-state index contributed by atoms with van der Waals surface area (Å²) in [7, 11) is 0. The molecule has 0 aliphatic rings. The Morgan fingerprint density at radius 2 is 1.47 bits per heavy atom. The molecule has 0 saturated heterocycles. The molecule has 0 N–H and O–H groups in total. The molecule has 92 valence electrons. The monoisotopic (exact) mass is 312 g/mol. The van der Waals surface area contributed by atoms with E-state index in [9.17, 15) is 19.8 Å². The van der Waals surface area contributed by atoms with Gasteiger partial charge in [-0.25, -0.2) is 0 Å². The molecule has 0 aliphatic heterocycles. The first-order chi connectivity index (χ1) is 7.91. The standard InChI is InChI=1S/C13H16O4.2K/c1-9(2)13(11(14)15,12(16)17)8-10-6-4-3-5-7-10;;/h3-7,9H,8H2,1-2H3,(H,14,15)(H,16,17);;/q;2*+1/p-2. The van der Waals surface area contributed by atoms with E-state index in [4.69, 9.17) is 0 Å².